The van der Waals surface area contributed by atoms with Gasteiger partial charge in [-0.25, -0.2) is 0 Å². The molecule has 0 fully saturated rings. The Morgan fingerprint density at radius 3 is 2.29 bits per heavy atom. The first kappa shape index (κ1) is 16.4. The Balaban J connectivity index is 0.000000159. The molecule has 2 heteroatoms. The van der Waals surface area contributed by atoms with E-state index in [-0.39, 0.29) is 5.41 Å². The summed E-state index contributed by atoms with van der Waals surface area (Å²) in [5, 5.41) is 0. The summed E-state index contributed by atoms with van der Waals surface area (Å²) >= 11 is 0. The van der Waals surface area contributed by atoms with Crippen molar-refractivity contribution < 1.29 is 9.47 Å². The zero-order valence-electron chi connectivity index (χ0n) is 14.8. The summed E-state index contributed by atoms with van der Waals surface area (Å²) < 4.78 is 10.6. The van der Waals surface area contributed by atoms with Gasteiger partial charge in [0.15, 0.2) is 11.5 Å². The van der Waals surface area contributed by atoms with Gasteiger partial charge < -0.3 is 9.47 Å². The summed E-state index contributed by atoms with van der Waals surface area (Å²) in [5.41, 5.74) is 5.45. The molecule has 124 valence electrons. The Labute approximate surface area is 144 Å². The van der Waals surface area contributed by atoms with Gasteiger partial charge in [0.1, 0.15) is 0 Å². The quantitative estimate of drug-likeness (QED) is 0.751. The number of ether oxygens (including phenoxy) is 2. The van der Waals surface area contributed by atoms with E-state index in [4.69, 9.17) is 9.47 Å². The van der Waals surface area contributed by atoms with Gasteiger partial charge >= 0.3 is 0 Å². The maximum absolute atomic E-state index is 5.30. The Kier molecular flexibility index (Phi) is 4.48. The minimum atomic E-state index is 0.0921. The highest BCUT2D eigenvalue weighted by atomic mass is 16.5. The lowest BCUT2D eigenvalue weighted by Crippen LogP contribution is -2.11. The molecule has 0 unspecified atom stereocenters. The van der Waals surface area contributed by atoms with Crippen LogP contribution in [0.25, 0.3) is 12.2 Å². The van der Waals surface area contributed by atoms with Gasteiger partial charge in [-0.15, -0.1) is 0 Å². The Hall–Kier alpha value is -2.48. The molecule has 2 aromatic rings. The van der Waals surface area contributed by atoms with Crippen LogP contribution in [0.4, 0.5) is 0 Å². The van der Waals surface area contributed by atoms with Crippen molar-refractivity contribution in [1.29, 1.82) is 0 Å². The molecule has 2 nitrogen and oxygen atoms in total. The molecule has 0 saturated carbocycles. The maximum Gasteiger partial charge on any atom is 0.161 e. The van der Waals surface area contributed by atoms with Crippen LogP contribution in [0.5, 0.6) is 11.5 Å². The second-order valence-electron chi connectivity index (χ2n) is 6.65. The number of benzene rings is 2. The smallest absolute Gasteiger partial charge is 0.161 e. The third-order valence-electron chi connectivity index (χ3n) is 4.62. The second kappa shape index (κ2) is 6.56. The van der Waals surface area contributed by atoms with Gasteiger partial charge in [-0.3, -0.25) is 0 Å². The van der Waals surface area contributed by atoms with Crippen molar-refractivity contribution in [2.45, 2.75) is 25.7 Å². The van der Waals surface area contributed by atoms with Crippen molar-refractivity contribution >= 4 is 12.2 Å². The number of hydrogen-bond acceptors (Lipinski definition) is 2. The number of rotatable bonds is 2. The fraction of sp³-hybridized carbons (Fsp3) is 0.273. The molecule has 0 aliphatic heterocycles. The van der Waals surface area contributed by atoms with E-state index >= 15 is 0 Å². The standard InChI is InChI=1S/C13H16O2.C9H8/c1-13(2)6-5-9-7-11(14-3)12(15-4)8-10(9)13;1-2-5-9-7-3-6-8(9)4-1/h5-8H,1-4H3;1-6H,7H2. The van der Waals surface area contributed by atoms with E-state index in [1.807, 2.05) is 6.07 Å². The summed E-state index contributed by atoms with van der Waals surface area (Å²) in [6.45, 7) is 4.39. The Morgan fingerprint density at radius 1 is 0.875 bits per heavy atom. The van der Waals surface area contributed by atoms with E-state index < -0.39 is 0 Å². The molecule has 2 aliphatic carbocycles. The molecule has 0 N–H and O–H groups in total. The molecular formula is C22H24O2. The fourth-order valence-corrected chi connectivity index (χ4v) is 3.17. The van der Waals surface area contributed by atoms with Crippen LogP contribution in [-0.2, 0) is 11.8 Å². The highest BCUT2D eigenvalue weighted by Gasteiger charge is 2.26. The number of hydrogen-bond donors (Lipinski definition) is 0. The van der Waals surface area contributed by atoms with Crippen LogP contribution in [0.1, 0.15) is 36.1 Å². The molecular weight excluding hydrogens is 296 g/mol. The topological polar surface area (TPSA) is 18.5 Å². The Bertz CT molecular complexity index is 798. The molecule has 0 amide bonds. The first-order valence-electron chi connectivity index (χ1n) is 8.25. The highest BCUT2D eigenvalue weighted by molar-refractivity contribution is 5.68. The van der Waals surface area contributed by atoms with Crippen LogP contribution in [-0.4, -0.2) is 14.2 Å². The van der Waals surface area contributed by atoms with E-state index in [0.717, 1.165) is 17.9 Å². The first-order chi connectivity index (χ1) is 11.5. The summed E-state index contributed by atoms with van der Waals surface area (Å²) in [6, 6.07) is 12.6. The molecule has 2 aliphatic rings. The highest BCUT2D eigenvalue weighted by Crippen LogP contribution is 2.41. The zero-order valence-corrected chi connectivity index (χ0v) is 14.8. The van der Waals surface area contributed by atoms with Crippen molar-refractivity contribution in [2.24, 2.45) is 0 Å². The van der Waals surface area contributed by atoms with Crippen molar-refractivity contribution in [3.05, 3.63) is 70.8 Å². The molecule has 0 aromatic heterocycles. The van der Waals surface area contributed by atoms with E-state index in [9.17, 15) is 0 Å². The SMILES string of the molecule is C1=Cc2ccccc2C1.COc1cc2c(cc1OC)C(C)(C)C=C2. The summed E-state index contributed by atoms with van der Waals surface area (Å²) in [6.07, 6.45) is 9.84. The van der Waals surface area contributed by atoms with Crippen LogP contribution < -0.4 is 9.47 Å². The van der Waals surface area contributed by atoms with E-state index in [0.29, 0.717) is 0 Å². The van der Waals surface area contributed by atoms with Crippen molar-refractivity contribution in [1.82, 2.24) is 0 Å². The van der Waals surface area contributed by atoms with Crippen LogP contribution >= 0.6 is 0 Å². The van der Waals surface area contributed by atoms with E-state index in [1.54, 1.807) is 14.2 Å². The molecule has 0 bridgehead atoms. The third kappa shape index (κ3) is 3.09. The lowest BCUT2D eigenvalue weighted by atomic mass is 9.87. The molecule has 0 spiro atoms. The Morgan fingerprint density at radius 2 is 1.58 bits per heavy atom. The predicted octanol–water partition coefficient (Wildman–Crippen LogP) is 5.26. The predicted molar refractivity (Wildman–Crippen MR) is 101 cm³/mol. The van der Waals surface area contributed by atoms with Gasteiger partial charge in [-0.05, 0) is 40.8 Å². The van der Waals surface area contributed by atoms with Crippen molar-refractivity contribution in [3.63, 3.8) is 0 Å². The lowest BCUT2D eigenvalue weighted by molar-refractivity contribution is 0.354. The minimum absolute atomic E-state index is 0.0921. The lowest BCUT2D eigenvalue weighted by Gasteiger charge is -2.19. The molecule has 0 atom stereocenters. The summed E-state index contributed by atoms with van der Waals surface area (Å²) in [7, 11) is 3.33. The number of methoxy groups -OCH3 is 2. The zero-order chi connectivity index (χ0) is 17.2. The van der Waals surface area contributed by atoms with Gasteiger partial charge in [-0.2, -0.15) is 0 Å². The fourth-order valence-electron chi connectivity index (χ4n) is 3.17. The molecule has 2 aromatic carbocycles. The van der Waals surface area contributed by atoms with Crippen LogP contribution in [0.3, 0.4) is 0 Å². The molecule has 4 rings (SSSR count). The van der Waals surface area contributed by atoms with E-state index in [1.165, 1.54) is 22.3 Å². The average Bonchev–Trinajstić information content (AvgIpc) is 3.18. The maximum atomic E-state index is 5.30. The largest absolute Gasteiger partial charge is 0.493 e. The normalized spacial score (nSPS) is 15.3. The van der Waals surface area contributed by atoms with E-state index in [2.05, 4.69) is 68.5 Å². The van der Waals surface area contributed by atoms with Crippen LogP contribution in [0, 0.1) is 0 Å². The van der Waals surface area contributed by atoms with Crippen molar-refractivity contribution in [2.75, 3.05) is 14.2 Å². The van der Waals surface area contributed by atoms with Crippen LogP contribution in [0.15, 0.2) is 48.6 Å². The molecule has 0 saturated heterocycles. The summed E-state index contributed by atoms with van der Waals surface area (Å²) in [5.74, 6) is 1.59. The average molecular weight is 320 g/mol. The molecule has 0 radical (unpaired) electrons. The first-order valence-corrected chi connectivity index (χ1v) is 8.25. The summed E-state index contributed by atoms with van der Waals surface area (Å²) in [4.78, 5) is 0. The number of fused-ring (bicyclic) bond motifs is 2. The third-order valence-corrected chi connectivity index (χ3v) is 4.62. The monoisotopic (exact) mass is 320 g/mol. The molecule has 0 heterocycles. The molecule has 24 heavy (non-hydrogen) atoms. The van der Waals surface area contributed by atoms with Gasteiger partial charge in [0.05, 0.1) is 14.2 Å². The second-order valence-corrected chi connectivity index (χ2v) is 6.65. The van der Waals surface area contributed by atoms with Crippen LogP contribution in [0.2, 0.25) is 0 Å². The van der Waals surface area contributed by atoms with Gasteiger partial charge in [0.25, 0.3) is 0 Å². The van der Waals surface area contributed by atoms with Gasteiger partial charge in [0, 0.05) is 5.41 Å². The number of allylic oxidation sites excluding steroid dienone is 2. The van der Waals surface area contributed by atoms with Gasteiger partial charge in [0.2, 0.25) is 0 Å². The van der Waals surface area contributed by atoms with Gasteiger partial charge in [-0.1, -0.05) is 62.4 Å². The van der Waals surface area contributed by atoms with Crippen molar-refractivity contribution in [3.8, 4) is 11.5 Å². The minimum Gasteiger partial charge on any atom is -0.493 e.